The van der Waals surface area contributed by atoms with Crippen molar-refractivity contribution in [2.75, 3.05) is 13.2 Å². The summed E-state index contributed by atoms with van der Waals surface area (Å²) in [5, 5.41) is 0. The molecule has 0 amide bonds. The first kappa shape index (κ1) is 14.6. The van der Waals surface area contributed by atoms with Gasteiger partial charge in [-0.1, -0.05) is 12.1 Å². The molecule has 0 radical (unpaired) electrons. The average molecular weight is 266 g/mol. The van der Waals surface area contributed by atoms with Crippen LogP contribution in [0.1, 0.15) is 0 Å². The monoisotopic (exact) mass is 265 g/mol. The van der Waals surface area contributed by atoms with Crippen LogP contribution in [0.4, 0.5) is 0 Å². The first-order chi connectivity index (χ1) is 8.45. The van der Waals surface area contributed by atoms with Crippen LogP contribution in [0.5, 0.6) is 0 Å². The van der Waals surface area contributed by atoms with Gasteiger partial charge in [-0.2, -0.15) is 0 Å². The zero-order valence-corrected chi connectivity index (χ0v) is 11.0. The van der Waals surface area contributed by atoms with Crippen molar-refractivity contribution in [1.82, 2.24) is 0 Å². The molecule has 0 fully saturated rings. The lowest BCUT2D eigenvalue weighted by Crippen LogP contribution is -3.00. The summed E-state index contributed by atoms with van der Waals surface area (Å²) in [5.41, 5.74) is 0. The third-order valence-corrected chi connectivity index (χ3v) is 2.54. The van der Waals surface area contributed by atoms with Gasteiger partial charge in [-0.25, -0.2) is 9.13 Å². The molecule has 0 atom stereocenters. The van der Waals surface area contributed by atoms with Gasteiger partial charge in [-0.15, -0.1) is 0 Å². The predicted octanol–water partition coefficient (Wildman–Crippen LogP) is -2.02. The molecule has 0 saturated heterocycles. The van der Waals surface area contributed by atoms with Crippen LogP contribution in [0, 0.1) is 0 Å². The van der Waals surface area contributed by atoms with Crippen molar-refractivity contribution in [3.05, 3.63) is 61.2 Å². The van der Waals surface area contributed by atoms with E-state index in [2.05, 4.69) is 33.9 Å². The lowest BCUT2D eigenvalue weighted by molar-refractivity contribution is -0.705. The molecule has 3 nitrogen and oxygen atoms in total. The van der Waals surface area contributed by atoms with E-state index < -0.39 is 0 Å². The second-order valence-electron chi connectivity index (χ2n) is 3.84. The van der Waals surface area contributed by atoms with Gasteiger partial charge in [0.05, 0.1) is 0 Å². The lowest BCUT2D eigenvalue weighted by Gasteiger charge is -1.99. The maximum Gasteiger partial charge on any atom is 0.171 e. The van der Waals surface area contributed by atoms with Crippen LogP contribution in [0.3, 0.4) is 0 Å². The first-order valence-electron chi connectivity index (χ1n) is 5.91. The molecule has 2 heterocycles. The minimum absolute atomic E-state index is 0. The maximum absolute atomic E-state index is 5.60. The summed E-state index contributed by atoms with van der Waals surface area (Å²) < 4.78 is 9.84. The van der Waals surface area contributed by atoms with Crippen molar-refractivity contribution >= 4 is 0 Å². The Morgan fingerprint density at radius 3 is 1.39 bits per heavy atom. The molecule has 0 aliphatic carbocycles. The van der Waals surface area contributed by atoms with Crippen LogP contribution in [0.15, 0.2) is 61.2 Å². The minimum atomic E-state index is 0. The summed E-state index contributed by atoms with van der Waals surface area (Å²) in [7, 11) is 0. The van der Waals surface area contributed by atoms with E-state index in [0.29, 0.717) is 0 Å². The third kappa shape index (κ3) is 5.25. The van der Waals surface area contributed by atoms with Gasteiger partial charge < -0.3 is 17.1 Å². The Balaban J connectivity index is 0.00000162. The van der Waals surface area contributed by atoms with Gasteiger partial charge in [-0.3, -0.25) is 0 Å². The molecule has 96 valence electrons. The highest BCUT2D eigenvalue weighted by Gasteiger charge is 2.00. The van der Waals surface area contributed by atoms with Crippen LogP contribution < -0.4 is 21.5 Å². The molecule has 0 aliphatic rings. The van der Waals surface area contributed by atoms with E-state index in [-0.39, 0.29) is 12.4 Å². The quantitative estimate of drug-likeness (QED) is 0.436. The van der Waals surface area contributed by atoms with Gasteiger partial charge in [0.1, 0.15) is 13.2 Å². The molecule has 0 spiro atoms. The Bertz CT molecular complexity index is 381. The van der Waals surface area contributed by atoms with Crippen molar-refractivity contribution in [3.8, 4) is 0 Å². The molecule has 0 bridgehead atoms. The summed E-state index contributed by atoms with van der Waals surface area (Å²) >= 11 is 0. The number of ether oxygens (including phenoxy) is 1. The highest BCUT2D eigenvalue weighted by molar-refractivity contribution is 4.84. The largest absolute Gasteiger partial charge is 1.00 e. The minimum Gasteiger partial charge on any atom is -1.00 e. The van der Waals surface area contributed by atoms with Crippen molar-refractivity contribution in [3.63, 3.8) is 0 Å². The molecule has 0 N–H and O–H groups in total. The highest BCUT2D eigenvalue weighted by atomic mass is 35.5. The molecule has 0 unspecified atom stereocenters. The fraction of sp³-hybridized carbons (Fsp3) is 0.286. The summed E-state index contributed by atoms with van der Waals surface area (Å²) in [6, 6.07) is 12.1. The second kappa shape index (κ2) is 8.61. The molecule has 2 aromatic heterocycles. The number of aromatic nitrogens is 2. The molecule has 2 rings (SSSR count). The standard InChI is InChI=1S/C14H18N2O.ClH/c1-3-7-15(8-4-1)11-13-17-14-12-16-9-5-2-6-10-16;/h1-10H,11-14H2;1H/q+2;/p-1. The Morgan fingerprint density at radius 1 is 0.611 bits per heavy atom. The SMILES string of the molecule is [Cl-].c1cc[n+](CCOCC[n+]2ccccc2)cc1. The van der Waals surface area contributed by atoms with E-state index in [1.54, 1.807) is 0 Å². The Morgan fingerprint density at radius 2 is 1.00 bits per heavy atom. The van der Waals surface area contributed by atoms with Gasteiger partial charge in [-0.05, 0) is 0 Å². The van der Waals surface area contributed by atoms with Gasteiger partial charge in [0.25, 0.3) is 0 Å². The van der Waals surface area contributed by atoms with Crippen LogP contribution in [0.2, 0.25) is 0 Å². The number of hydrogen-bond acceptors (Lipinski definition) is 1. The van der Waals surface area contributed by atoms with Crippen molar-refractivity contribution in [2.24, 2.45) is 0 Å². The number of pyridine rings is 2. The van der Waals surface area contributed by atoms with Gasteiger partial charge >= 0.3 is 0 Å². The Kier molecular flexibility index (Phi) is 6.99. The maximum atomic E-state index is 5.60. The van der Waals surface area contributed by atoms with Crippen LogP contribution in [-0.4, -0.2) is 13.2 Å². The average Bonchev–Trinajstić information content (AvgIpc) is 2.41. The van der Waals surface area contributed by atoms with E-state index in [9.17, 15) is 0 Å². The molecular weight excluding hydrogens is 248 g/mol. The second-order valence-corrected chi connectivity index (χ2v) is 3.84. The number of rotatable bonds is 6. The smallest absolute Gasteiger partial charge is 0.171 e. The molecule has 4 heteroatoms. The van der Waals surface area contributed by atoms with Crippen LogP contribution in [0.25, 0.3) is 0 Å². The predicted molar refractivity (Wildman–Crippen MR) is 64.1 cm³/mol. The molecular formula is C14H18ClN2O+. The first-order valence-corrected chi connectivity index (χ1v) is 5.91. The van der Waals surface area contributed by atoms with Crippen molar-refractivity contribution in [2.45, 2.75) is 13.1 Å². The number of hydrogen-bond donors (Lipinski definition) is 0. The zero-order chi connectivity index (χ0) is 11.8. The van der Waals surface area contributed by atoms with Crippen LogP contribution >= 0.6 is 0 Å². The Labute approximate surface area is 114 Å². The fourth-order valence-corrected chi connectivity index (χ4v) is 1.61. The summed E-state index contributed by atoms with van der Waals surface area (Å²) in [6.07, 6.45) is 8.20. The van der Waals surface area contributed by atoms with Crippen molar-refractivity contribution < 1.29 is 26.3 Å². The molecule has 18 heavy (non-hydrogen) atoms. The topological polar surface area (TPSA) is 17.0 Å². The van der Waals surface area contributed by atoms with E-state index >= 15 is 0 Å². The van der Waals surface area contributed by atoms with E-state index in [0.717, 1.165) is 26.3 Å². The normalized spacial score (nSPS) is 9.78. The van der Waals surface area contributed by atoms with Crippen LogP contribution in [-0.2, 0) is 17.8 Å². The summed E-state index contributed by atoms with van der Waals surface area (Å²) in [6.45, 7) is 3.31. The molecule has 0 aliphatic heterocycles. The molecule has 0 aromatic carbocycles. The lowest BCUT2D eigenvalue weighted by atomic mass is 10.5. The molecule has 2 aromatic rings. The van der Waals surface area contributed by atoms with E-state index in [1.165, 1.54) is 0 Å². The van der Waals surface area contributed by atoms with Crippen molar-refractivity contribution in [1.29, 1.82) is 0 Å². The zero-order valence-electron chi connectivity index (χ0n) is 10.3. The Hall–Kier alpha value is -1.45. The van der Waals surface area contributed by atoms with E-state index in [1.807, 2.05) is 36.4 Å². The molecule has 0 saturated carbocycles. The van der Waals surface area contributed by atoms with Gasteiger partial charge in [0.2, 0.25) is 0 Å². The van der Waals surface area contributed by atoms with Gasteiger partial charge in [0, 0.05) is 24.3 Å². The fourth-order valence-electron chi connectivity index (χ4n) is 1.61. The van der Waals surface area contributed by atoms with Gasteiger partial charge in [0.15, 0.2) is 37.9 Å². The number of nitrogens with zero attached hydrogens (tertiary/aromatic N) is 2. The number of halogens is 1. The summed E-state index contributed by atoms with van der Waals surface area (Å²) in [4.78, 5) is 0. The summed E-state index contributed by atoms with van der Waals surface area (Å²) in [5.74, 6) is 0. The van der Waals surface area contributed by atoms with E-state index in [4.69, 9.17) is 4.74 Å². The highest BCUT2D eigenvalue weighted by Crippen LogP contribution is 1.81. The third-order valence-electron chi connectivity index (χ3n) is 2.54.